The average molecular weight is 333 g/mol. The zero-order valence-corrected chi connectivity index (χ0v) is 12.5. The molecule has 1 aromatic carbocycles. The molecule has 1 heterocycles. The molecule has 1 saturated heterocycles. The maximum atomic E-state index is 13.8. The topological polar surface area (TPSA) is 3.24 Å². The van der Waals surface area contributed by atoms with Crippen LogP contribution in [-0.4, -0.2) is 18.0 Å². The second kappa shape index (κ2) is 4.77. The van der Waals surface area contributed by atoms with Crippen LogP contribution in [0.15, 0.2) is 16.6 Å². The first-order valence-electron chi connectivity index (χ1n) is 6.44. The van der Waals surface area contributed by atoms with Crippen LogP contribution < -0.4 is 0 Å². The molecule has 0 atom stereocenters. The molecule has 1 aliphatic heterocycles. The maximum Gasteiger partial charge on any atom is 0.128 e. The van der Waals surface area contributed by atoms with Gasteiger partial charge in [0, 0.05) is 16.6 Å². The summed E-state index contributed by atoms with van der Waals surface area (Å²) in [6.45, 7) is 2.86. The second-order valence-electron chi connectivity index (χ2n) is 5.63. The monoisotopic (exact) mass is 331 g/mol. The minimum absolute atomic E-state index is 0.169. The van der Waals surface area contributed by atoms with E-state index in [1.165, 1.54) is 31.7 Å². The van der Waals surface area contributed by atoms with Gasteiger partial charge in [-0.1, -0.05) is 11.6 Å². The predicted molar refractivity (Wildman–Crippen MR) is 75.3 cm³/mol. The highest BCUT2D eigenvalue weighted by Crippen LogP contribution is 2.53. The molecule has 2 aliphatic rings. The lowest BCUT2D eigenvalue weighted by molar-refractivity contribution is 0.164. The van der Waals surface area contributed by atoms with E-state index in [9.17, 15) is 4.39 Å². The molecule has 0 unspecified atom stereocenters. The van der Waals surface area contributed by atoms with Gasteiger partial charge in [0.25, 0.3) is 0 Å². The molecule has 1 aliphatic carbocycles. The first kappa shape index (κ1) is 12.9. The summed E-state index contributed by atoms with van der Waals surface area (Å²) in [6.07, 6.45) is 5.36. The molecule has 18 heavy (non-hydrogen) atoms. The minimum Gasteiger partial charge on any atom is -0.299 e. The van der Waals surface area contributed by atoms with Crippen molar-refractivity contribution in [3.63, 3.8) is 0 Å². The first-order valence-corrected chi connectivity index (χ1v) is 7.61. The highest BCUT2D eigenvalue weighted by molar-refractivity contribution is 9.10. The van der Waals surface area contributed by atoms with Crippen molar-refractivity contribution < 1.29 is 4.39 Å². The predicted octanol–water partition coefficient (Wildman–Crippen LogP) is 4.62. The fourth-order valence-corrected chi connectivity index (χ4v) is 3.29. The van der Waals surface area contributed by atoms with Crippen molar-refractivity contribution in [2.24, 2.45) is 5.41 Å². The van der Waals surface area contributed by atoms with Crippen molar-refractivity contribution in [1.82, 2.24) is 4.90 Å². The first-order chi connectivity index (χ1) is 8.58. The number of nitrogens with zero attached hydrogens (tertiary/aromatic N) is 1. The highest BCUT2D eigenvalue weighted by atomic mass is 79.9. The summed E-state index contributed by atoms with van der Waals surface area (Å²) in [6, 6.07) is 3.20. The van der Waals surface area contributed by atoms with Crippen molar-refractivity contribution in [3.8, 4) is 0 Å². The quantitative estimate of drug-likeness (QED) is 0.714. The van der Waals surface area contributed by atoms with E-state index in [1.807, 2.05) is 0 Å². The van der Waals surface area contributed by atoms with Crippen molar-refractivity contribution >= 4 is 27.5 Å². The van der Waals surface area contributed by atoms with Crippen LogP contribution in [0.3, 0.4) is 0 Å². The van der Waals surface area contributed by atoms with Crippen LogP contribution >= 0.6 is 27.5 Å². The van der Waals surface area contributed by atoms with E-state index >= 15 is 0 Å². The Kier molecular flexibility index (Phi) is 3.41. The number of piperidine rings is 1. The Labute approximate surface area is 120 Å². The van der Waals surface area contributed by atoms with E-state index in [0.29, 0.717) is 27.0 Å². The van der Waals surface area contributed by atoms with Crippen LogP contribution in [0.2, 0.25) is 5.02 Å². The summed E-state index contributed by atoms with van der Waals surface area (Å²) < 4.78 is 14.5. The molecule has 3 rings (SSSR count). The fourth-order valence-electron chi connectivity index (χ4n) is 2.79. The van der Waals surface area contributed by atoms with Crippen LogP contribution in [0.5, 0.6) is 0 Å². The van der Waals surface area contributed by atoms with Gasteiger partial charge in [-0.25, -0.2) is 4.39 Å². The van der Waals surface area contributed by atoms with Gasteiger partial charge in [0.15, 0.2) is 0 Å². The molecule has 2 fully saturated rings. The van der Waals surface area contributed by atoms with E-state index < -0.39 is 0 Å². The molecule has 0 amide bonds. The van der Waals surface area contributed by atoms with Gasteiger partial charge in [-0.3, -0.25) is 4.90 Å². The third-order valence-electron chi connectivity index (χ3n) is 4.36. The number of hydrogen-bond donors (Lipinski definition) is 0. The summed E-state index contributed by atoms with van der Waals surface area (Å²) >= 11 is 9.27. The van der Waals surface area contributed by atoms with Gasteiger partial charge in [0.1, 0.15) is 5.82 Å². The number of hydrogen-bond acceptors (Lipinski definition) is 1. The fraction of sp³-hybridized carbons (Fsp3) is 0.571. The highest BCUT2D eigenvalue weighted by Gasteiger charge is 2.44. The Morgan fingerprint density at radius 1 is 1.22 bits per heavy atom. The minimum atomic E-state index is -0.169. The molecule has 0 aromatic heterocycles. The zero-order chi connectivity index (χ0) is 12.8. The summed E-state index contributed by atoms with van der Waals surface area (Å²) in [4.78, 5) is 2.34. The van der Waals surface area contributed by atoms with Crippen molar-refractivity contribution in [2.75, 3.05) is 13.1 Å². The lowest BCUT2D eigenvalue weighted by Gasteiger charge is -2.32. The molecular formula is C14H16BrClFN. The normalized spacial score (nSPS) is 22.4. The molecular weight excluding hydrogens is 317 g/mol. The third-order valence-corrected chi connectivity index (χ3v) is 5.55. The Balaban J connectivity index is 1.67. The summed E-state index contributed by atoms with van der Waals surface area (Å²) in [7, 11) is 0. The Hall–Kier alpha value is -0.120. The van der Waals surface area contributed by atoms with Crippen molar-refractivity contribution in [2.45, 2.75) is 32.2 Å². The summed E-state index contributed by atoms with van der Waals surface area (Å²) in [5, 5.41) is 0.585. The van der Waals surface area contributed by atoms with Crippen LogP contribution in [0.1, 0.15) is 31.2 Å². The number of benzene rings is 1. The lowest BCUT2D eigenvalue weighted by atomic mass is 9.93. The summed E-state index contributed by atoms with van der Waals surface area (Å²) in [5.74, 6) is -0.169. The van der Waals surface area contributed by atoms with E-state index in [2.05, 4.69) is 20.8 Å². The van der Waals surface area contributed by atoms with Crippen molar-refractivity contribution in [3.05, 3.63) is 33.0 Å². The van der Waals surface area contributed by atoms with Crippen LogP contribution in [-0.2, 0) is 6.54 Å². The van der Waals surface area contributed by atoms with Crippen LogP contribution in [0.25, 0.3) is 0 Å². The van der Waals surface area contributed by atoms with Gasteiger partial charge in [0.2, 0.25) is 0 Å². The molecule has 1 nitrogen and oxygen atoms in total. The Morgan fingerprint density at radius 3 is 2.50 bits per heavy atom. The summed E-state index contributed by atoms with van der Waals surface area (Å²) in [5.41, 5.74) is 1.38. The average Bonchev–Trinajstić information content (AvgIpc) is 3.09. The number of halogens is 3. The molecule has 0 N–H and O–H groups in total. The molecule has 1 saturated carbocycles. The van der Waals surface area contributed by atoms with Crippen molar-refractivity contribution in [1.29, 1.82) is 0 Å². The molecule has 0 radical (unpaired) electrons. The maximum absolute atomic E-state index is 13.8. The van der Waals surface area contributed by atoms with E-state index in [0.717, 1.165) is 13.1 Å². The molecule has 1 aromatic rings. The lowest BCUT2D eigenvalue weighted by Crippen LogP contribution is -2.34. The van der Waals surface area contributed by atoms with Gasteiger partial charge >= 0.3 is 0 Å². The zero-order valence-electron chi connectivity index (χ0n) is 10.2. The SMILES string of the molecule is Fc1cc(Br)c(Cl)cc1CN1CCC2(CC1)CC2. The van der Waals surface area contributed by atoms with Gasteiger partial charge < -0.3 is 0 Å². The number of rotatable bonds is 2. The van der Waals surface area contributed by atoms with E-state index in [4.69, 9.17) is 11.6 Å². The van der Waals surface area contributed by atoms with Gasteiger partial charge in [-0.05, 0) is 72.3 Å². The van der Waals surface area contributed by atoms with Crippen LogP contribution in [0.4, 0.5) is 4.39 Å². The molecule has 1 spiro atoms. The van der Waals surface area contributed by atoms with Gasteiger partial charge in [-0.2, -0.15) is 0 Å². The van der Waals surface area contributed by atoms with Gasteiger partial charge in [-0.15, -0.1) is 0 Å². The second-order valence-corrected chi connectivity index (χ2v) is 6.90. The smallest absolute Gasteiger partial charge is 0.128 e. The standard InChI is InChI=1S/C14H16BrClFN/c15-11-8-13(17)10(7-12(11)16)9-18-5-3-14(1-2-14)4-6-18/h7-8H,1-6,9H2. The van der Waals surface area contributed by atoms with Gasteiger partial charge in [0.05, 0.1) is 5.02 Å². The Bertz CT molecular complexity index is 463. The Morgan fingerprint density at radius 2 is 1.89 bits per heavy atom. The van der Waals surface area contributed by atoms with E-state index in [-0.39, 0.29) is 5.82 Å². The molecule has 4 heteroatoms. The van der Waals surface area contributed by atoms with E-state index in [1.54, 1.807) is 6.07 Å². The van der Waals surface area contributed by atoms with Crippen LogP contribution in [0, 0.1) is 11.2 Å². The third kappa shape index (κ3) is 2.59. The largest absolute Gasteiger partial charge is 0.299 e. The molecule has 0 bridgehead atoms. The molecule has 98 valence electrons. The number of likely N-dealkylation sites (tertiary alicyclic amines) is 1.